The maximum atomic E-state index is 11.4. The van der Waals surface area contributed by atoms with Gasteiger partial charge >= 0.3 is 5.97 Å². The smallest absolute Gasteiger partial charge is 0.311 e. The van der Waals surface area contributed by atoms with Crippen molar-refractivity contribution in [2.24, 2.45) is 0 Å². The maximum absolute atomic E-state index is 11.4. The Kier molecular flexibility index (Phi) is 4.96. The van der Waals surface area contributed by atoms with Crippen molar-refractivity contribution >= 4 is 44.8 Å². The van der Waals surface area contributed by atoms with E-state index in [9.17, 15) is 4.79 Å². The number of carbonyl (C=O) groups is 1. The Morgan fingerprint density at radius 3 is 3.00 bits per heavy atom. The zero-order valence-corrected chi connectivity index (χ0v) is 13.3. The molecule has 2 aromatic rings. The molecule has 0 aliphatic rings. The molecular weight excluding hydrogens is 350 g/mol. The summed E-state index contributed by atoms with van der Waals surface area (Å²) in [5.74, 6) is -0.256. The van der Waals surface area contributed by atoms with Crippen LogP contribution in [0.2, 0.25) is 5.02 Å². The van der Waals surface area contributed by atoms with Gasteiger partial charge in [0.2, 0.25) is 0 Å². The summed E-state index contributed by atoms with van der Waals surface area (Å²) in [6.45, 7) is 2.17. The van der Waals surface area contributed by atoms with E-state index in [4.69, 9.17) is 16.3 Å². The molecule has 2 rings (SSSR count). The molecule has 0 fully saturated rings. The van der Waals surface area contributed by atoms with Crippen molar-refractivity contribution in [1.82, 2.24) is 4.98 Å². The summed E-state index contributed by atoms with van der Waals surface area (Å²) in [6, 6.07) is 5.66. The van der Waals surface area contributed by atoms with E-state index in [0.717, 1.165) is 20.7 Å². The number of carbonyl (C=O) groups excluding carboxylic acids is 1. The van der Waals surface area contributed by atoms with Crippen molar-refractivity contribution in [3.63, 3.8) is 0 Å². The van der Waals surface area contributed by atoms with Gasteiger partial charge in [0, 0.05) is 15.4 Å². The normalized spacial score (nSPS) is 10.5. The van der Waals surface area contributed by atoms with Crippen molar-refractivity contribution in [2.75, 3.05) is 6.61 Å². The van der Waals surface area contributed by atoms with Gasteiger partial charge in [-0.05, 0) is 35.0 Å². The average molecular weight is 361 g/mol. The van der Waals surface area contributed by atoms with Crippen LogP contribution in [0.3, 0.4) is 0 Å². The van der Waals surface area contributed by atoms with Crippen LogP contribution >= 0.6 is 38.9 Å². The van der Waals surface area contributed by atoms with Crippen molar-refractivity contribution in [2.45, 2.75) is 13.3 Å². The van der Waals surface area contributed by atoms with Crippen LogP contribution in [-0.4, -0.2) is 17.6 Å². The summed E-state index contributed by atoms with van der Waals surface area (Å²) < 4.78 is 5.74. The largest absolute Gasteiger partial charge is 0.466 e. The van der Waals surface area contributed by atoms with Crippen molar-refractivity contribution < 1.29 is 9.53 Å². The van der Waals surface area contributed by atoms with Gasteiger partial charge in [0.1, 0.15) is 5.01 Å². The molecule has 0 aliphatic heterocycles. The zero-order chi connectivity index (χ0) is 13.8. The lowest BCUT2D eigenvalue weighted by Gasteiger charge is -2.00. The lowest BCUT2D eigenvalue weighted by molar-refractivity contribution is -0.142. The van der Waals surface area contributed by atoms with Gasteiger partial charge in [-0.1, -0.05) is 17.7 Å². The van der Waals surface area contributed by atoms with Crippen LogP contribution in [0.1, 0.15) is 12.6 Å². The van der Waals surface area contributed by atoms with Crippen LogP contribution in [0.25, 0.3) is 10.6 Å². The van der Waals surface area contributed by atoms with Crippen molar-refractivity contribution in [3.05, 3.63) is 38.8 Å². The standard InChI is InChI=1S/C13H11BrClNO2S/c1-2-18-12(17)6-9-7-19-13(16-9)8-3-4-10(14)11(15)5-8/h3-5,7H,2,6H2,1H3. The second-order valence-electron chi connectivity index (χ2n) is 3.75. The molecule has 19 heavy (non-hydrogen) atoms. The van der Waals surface area contributed by atoms with Crippen LogP contribution in [0.4, 0.5) is 0 Å². The molecule has 1 aromatic heterocycles. The third-order valence-electron chi connectivity index (χ3n) is 2.35. The summed E-state index contributed by atoms with van der Waals surface area (Å²) in [4.78, 5) is 15.8. The van der Waals surface area contributed by atoms with E-state index in [1.807, 2.05) is 23.6 Å². The van der Waals surface area contributed by atoms with E-state index < -0.39 is 0 Å². The molecule has 100 valence electrons. The number of benzene rings is 1. The van der Waals surface area contributed by atoms with E-state index in [1.54, 1.807) is 6.92 Å². The van der Waals surface area contributed by atoms with Crippen molar-refractivity contribution in [1.29, 1.82) is 0 Å². The molecule has 0 aliphatic carbocycles. The molecule has 1 aromatic carbocycles. The zero-order valence-electron chi connectivity index (χ0n) is 10.2. The molecule has 0 unspecified atom stereocenters. The van der Waals surface area contributed by atoms with Gasteiger partial charge in [-0.3, -0.25) is 4.79 Å². The summed E-state index contributed by atoms with van der Waals surface area (Å²) in [6.07, 6.45) is 0.203. The molecular formula is C13H11BrClNO2S. The molecule has 0 saturated carbocycles. The highest BCUT2D eigenvalue weighted by Crippen LogP contribution is 2.30. The molecule has 0 spiro atoms. The molecule has 0 N–H and O–H groups in total. The minimum atomic E-state index is -0.256. The predicted molar refractivity (Wildman–Crippen MR) is 80.6 cm³/mol. The minimum absolute atomic E-state index is 0.203. The van der Waals surface area contributed by atoms with Crippen LogP contribution in [-0.2, 0) is 16.0 Å². The van der Waals surface area contributed by atoms with E-state index in [0.29, 0.717) is 11.6 Å². The first-order valence-corrected chi connectivity index (χ1v) is 7.70. The monoisotopic (exact) mass is 359 g/mol. The summed E-state index contributed by atoms with van der Waals surface area (Å²) in [7, 11) is 0. The van der Waals surface area contributed by atoms with E-state index >= 15 is 0 Å². The topological polar surface area (TPSA) is 39.2 Å². The van der Waals surface area contributed by atoms with E-state index in [2.05, 4.69) is 20.9 Å². The van der Waals surface area contributed by atoms with E-state index in [-0.39, 0.29) is 12.4 Å². The molecule has 0 saturated heterocycles. The first-order chi connectivity index (χ1) is 9.10. The first-order valence-electron chi connectivity index (χ1n) is 5.65. The third-order valence-corrected chi connectivity index (χ3v) is 4.52. The fraction of sp³-hybridized carbons (Fsp3) is 0.231. The van der Waals surface area contributed by atoms with Crippen LogP contribution in [0.15, 0.2) is 28.1 Å². The number of ether oxygens (including phenoxy) is 1. The Balaban J connectivity index is 2.16. The molecule has 0 radical (unpaired) electrons. The first kappa shape index (κ1) is 14.5. The number of esters is 1. The van der Waals surface area contributed by atoms with Gasteiger partial charge in [-0.25, -0.2) is 4.98 Å². The van der Waals surface area contributed by atoms with Gasteiger partial charge in [0.25, 0.3) is 0 Å². The fourth-order valence-corrected chi connectivity index (χ4v) is 2.75. The van der Waals surface area contributed by atoms with Gasteiger partial charge < -0.3 is 4.74 Å². The number of halogens is 2. The van der Waals surface area contributed by atoms with Gasteiger partial charge in [0.15, 0.2) is 0 Å². The lowest BCUT2D eigenvalue weighted by Crippen LogP contribution is -2.07. The highest BCUT2D eigenvalue weighted by atomic mass is 79.9. The summed E-state index contributed by atoms with van der Waals surface area (Å²) in [5.41, 5.74) is 1.66. The number of nitrogens with zero attached hydrogens (tertiary/aromatic N) is 1. The summed E-state index contributed by atoms with van der Waals surface area (Å²) in [5, 5.41) is 3.34. The number of aromatic nitrogens is 1. The molecule has 0 atom stereocenters. The van der Waals surface area contributed by atoms with Crippen LogP contribution in [0.5, 0.6) is 0 Å². The number of thiazole rings is 1. The Morgan fingerprint density at radius 1 is 1.53 bits per heavy atom. The van der Waals surface area contributed by atoms with Crippen molar-refractivity contribution in [3.8, 4) is 10.6 Å². The maximum Gasteiger partial charge on any atom is 0.311 e. The Bertz CT molecular complexity index is 600. The summed E-state index contributed by atoms with van der Waals surface area (Å²) >= 11 is 10.9. The Labute approximate surface area is 128 Å². The number of rotatable bonds is 4. The Hall–Kier alpha value is -0.910. The average Bonchev–Trinajstić information content (AvgIpc) is 2.81. The molecule has 1 heterocycles. The highest BCUT2D eigenvalue weighted by Gasteiger charge is 2.10. The van der Waals surface area contributed by atoms with Crippen LogP contribution in [0, 0.1) is 0 Å². The SMILES string of the molecule is CCOC(=O)Cc1csc(-c2ccc(Br)c(Cl)c2)n1. The Morgan fingerprint density at radius 2 is 2.32 bits per heavy atom. The lowest BCUT2D eigenvalue weighted by atomic mass is 10.2. The van der Waals surface area contributed by atoms with Crippen LogP contribution < -0.4 is 0 Å². The second kappa shape index (κ2) is 6.50. The van der Waals surface area contributed by atoms with Gasteiger partial charge in [-0.2, -0.15) is 0 Å². The third kappa shape index (κ3) is 3.78. The predicted octanol–water partition coefficient (Wildman–Crippen LogP) is 4.33. The number of hydrogen-bond donors (Lipinski definition) is 0. The molecule has 3 nitrogen and oxygen atoms in total. The van der Waals surface area contributed by atoms with Gasteiger partial charge in [-0.15, -0.1) is 11.3 Å². The fourth-order valence-electron chi connectivity index (χ4n) is 1.51. The molecule has 0 bridgehead atoms. The molecule has 0 amide bonds. The number of hydrogen-bond acceptors (Lipinski definition) is 4. The molecule has 6 heteroatoms. The minimum Gasteiger partial charge on any atom is -0.466 e. The van der Waals surface area contributed by atoms with Gasteiger partial charge in [0.05, 0.1) is 23.7 Å². The second-order valence-corrected chi connectivity index (χ2v) is 5.87. The quantitative estimate of drug-likeness (QED) is 0.762. The van der Waals surface area contributed by atoms with E-state index in [1.165, 1.54) is 11.3 Å². The highest BCUT2D eigenvalue weighted by molar-refractivity contribution is 9.10.